The Balaban J connectivity index is 2.32. The predicted octanol–water partition coefficient (Wildman–Crippen LogP) is 1.26. The number of nitrogens with one attached hydrogen (secondary N) is 1. The molecule has 6 nitrogen and oxygen atoms in total. The van der Waals surface area contributed by atoms with E-state index in [1.165, 1.54) is 12.1 Å². The second-order valence-corrected chi connectivity index (χ2v) is 4.37. The van der Waals surface area contributed by atoms with Crippen LogP contribution < -0.4 is 10.2 Å². The number of nitriles is 1. The van der Waals surface area contributed by atoms with Crippen molar-refractivity contribution in [2.45, 2.75) is 13.0 Å². The summed E-state index contributed by atoms with van der Waals surface area (Å²) in [6.45, 7) is 4.55. The minimum Gasteiger partial charge on any atom is -0.369 e. The van der Waals surface area contributed by atoms with Crippen molar-refractivity contribution < 1.29 is 4.92 Å². The fraction of sp³-hybridized carbons (Fsp3) is 0.417. The number of nitrogens with zero attached hydrogens (tertiary/aromatic N) is 3. The highest BCUT2D eigenvalue weighted by molar-refractivity contribution is 5.60. The van der Waals surface area contributed by atoms with Gasteiger partial charge in [-0.3, -0.25) is 10.1 Å². The highest BCUT2D eigenvalue weighted by atomic mass is 16.6. The third kappa shape index (κ3) is 2.41. The van der Waals surface area contributed by atoms with Crippen LogP contribution in [0.2, 0.25) is 0 Å². The van der Waals surface area contributed by atoms with Crippen LogP contribution >= 0.6 is 0 Å². The van der Waals surface area contributed by atoms with E-state index in [1.807, 2.05) is 6.07 Å². The van der Waals surface area contributed by atoms with Crippen molar-refractivity contribution in [1.29, 1.82) is 5.26 Å². The van der Waals surface area contributed by atoms with Gasteiger partial charge in [0, 0.05) is 37.4 Å². The zero-order chi connectivity index (χ0) is 13.1. The predicted molar refractivity (Wildman–Crippen MR) is 67.5 cm³/mol. The topological polar surface area (TPSA) is 82.2 Å². The van der Waals surface area contributed by atoms with E-state index in [0.717, 1.165) is 25.3 Å². The van der Waals surface area contributed by atoms with Crippen molar-refractivity contribution in [3.05, 3.63) is 33.9 Å². The number of anilines is 1. The molecule has 1 aliphatic rings. The number of hydrogen-bond acceptors (Lipinski definition) is 5. The van der Waals surface area contributed by atoms with E-state index in [1.54, 1.807) is 6.07 Å². The molecule has 1 aromatic rings. The lowest BCUT2D eigenvalue weighted by atomic mass is 10.1. The molecule has 6 heteroatoms. The Hall–Kier alpha value is -2.13. The second kappa shape index (κ2) is 5.02. The van der Waals surface area contributed by atoms with Crippen molar-refractivity contribution in [2.24, 2.45) is 0 Å². The number of piperazine rings is 1. The molecule has 2 rings (SSSR count). The second-order valence-electron chi connectivity index (χ2n) is 4.37. The number of rotatable bonds is 2. The summed E-state index contributed by atoms with van der Waals surface area (Å²) in [4.78, 5) is 12.5. The van der Waals surface area contributed by atoms with Gasteiger partial charge in [-0.25, -0.2) is 0 Å². The molecular formula is C12H14N4O2. The van der Waals surface area contributed by atoms with Gasteiger partial charge in [-0.05, 0) is 19.1 Å². The van der Waals surface area contributed by atoms with Crippen LogP contribution in [0, 0.1) is 21.4 Å². The Morgan fingerprint density at radius 3 is 3.00 bits per heavy atom. The summed E-state index contributed by atoms with van der Waals surface area (Å²) in [5, 5.41) is 23.0. The zero-order valence-corrected chi connectivity index (χ0v) is 10.1. The molecule has 1 heterocycles. The van der Waals surface area contributed by atoms with Gasteiger partial charge in [-0.15, -0.1) is 0 Å². The van der Waals surface area contributed by atoms with E-state index in [0.29, 0.717) is 6.04 Å². The highest BCUT2D eigenvalue weighted by Gasteiger charge is 2.20. The third-order valence-corrected chi connectivity index (χ3v) is 3.03. The summed E-state index contributed by atoms with van der Waals surface area (Å²) in [5.41, 5.74) is 0.780. The minimum atomic E-state index is -0.506. The van der Waals surface area contributed by atoms with Crippen LogP contribution in [0.1, 0.15) is 12.5 Å². The van der Waals surface area contributed by atoms with Gasteiger partial charge in [-0.1, -0.05) is 0 Å². The van der Waals surface area contributed by atoms with Crippen LogP contribution in [-0.4, -0.2) is 30.6 Å². The molecule has 1 saturated heterocycles. The first-order valence-electron chi connectivity index (χ1n) is 5.78. The van der Waals surface area contributed by atoms with Crippen LogP contribution in [0.5, 0.6) is 0 Å². The van der Waals surface area contributed by atoms with E-state index in [-0.39, 0.29) is 11.3 Å². The molecule has 1 aliphatic heterocycles. The lowest BCUT2D eigenvalue weighted by Gasteiger charge is -2.33. The number of hydrogen-bond donors (Lipinski definition) is 1. The summed E-state index contributed by atoms with van der Waals surface area (Å²) in [6.07, 6.45) is 0. The fourth-order valence-corrected chi connectivity index (χ4v) is 2.13. The van der Waals surface area contributed by atoms with Gasteiger partial charge in [0.25, 0.3) is 5.69 Å². The molecule has 0 spiro atoms. The van der Waals surface area contributed by atoms with E-state index >= 15 is 0 Å². The monoisotopic (exact) mass is 246 g/mol. The molecule has 0 radical (unpaired) electrons. The van der Waals surface area contributed by atoms with Gasteiger partial charge < -0.3 is 10.2 Å². The molecule has 1 unspecified atom stereocenters. The SMILES string of the molecule is CC1CN(c2ccc(C#N)c([N+](=O)[O-])c2)CCN1. The van der Waals surface area contributed by atoms with E-state index < -0.39 is 4.92 Å². The van der Waals surface area contributed by atoms with Gasteiger partial charge in [0.2, 0.25) is 0 Å². The standard InChI is InChI=1S/C12H14N4O2/c1-9-8-15(5-4-14-9)11-3-2-10(7-13)12(6-11)16(17)18/h2-3,6,9,14H,4-5,8H2,1H3. The van der Waals surface area contributed by atoms with Crippen molar-refractivity contribution in [3.8, 4) is 6.07 Å². The molecule has 1 aromatic carbocycles. The van der Waals surface area contributed by atoms with Gasteiger partial charge in [-0.2, -0.15) is 5.26 Å². The molecule has 0 bridgehead atoms. The van der Waals surface area contributed by atoms with E-state index in [9.17, 15) is 10.1 Å². The Labute approximate surface area is 105 Å². The highest BCUT2D eigenvalue weighted by Crippen LogP contribution is 2.25. The Morgan fingerprint density at radius 1 is 1.61 bits per heavy atom. The Morgan fingerprint density at radius 2 is 2.39 bits per heavy atom. The first-order valence-corrected chi connectivity index (χ1v) is 5.78. The minimum absolute atomic E-state index is 0.104. The molecule has 0 amide bonds. The first kappa shape index (κ1) is 12.3. The van der Waals surface area contributed by atoms with E-state index in [2.05, 4.69) is 17.1 Å². The van der Waals surface area contributed by atoms with Crippen molar-refractivity contribution in [3.63, 3.8) is 0 Å². The normalized spacial score (nSPS) is 19.3. The zero-order valence-electron chi connectivity index (χ0n) is 10.1. The average molecular weight is 246 g/mol. The van der Waals surface area contributed by atoms with Gasteiger partial charge >= 0.3 is 0 Å². The summed E-state index contributed by atoms with van der Waals surface area (Å²) in [7, 11) is 0. The molecule has 0 saturated carbocycles. The maximum absolute atomic E-state index is 10.9. The molecule has 94 valence electrons. The Kier molecular flexibility index (Phi) is 3.44. The smallest absolute Gasteiger partial charge is 0.289 e. The lowest BCUT2D eigenvalue weighted by molar-refractivity contribution is -0.385. The number of nitro benzene ring substituents is 1. The third-order valence-electron chi connectivity index (χ3n) is 3.03. The molecule has 1 fully saturated rings. The Bertz CT molecular complexity index is 509. The van der Waals surface area contributed by atoms with Gasteiger partial charge in [0.1, 0.15) is 11.6 Å². The van der Waals surface area contributed by atoms with Crippen molar-refractivity contribution in [2.75, 3.05) is 24.5 Å². The van der Waals surface area contributed by atoms with Crippen molar-refractivity contribution in [1.82, 2.24) is 5.32 Å². The fourth-order valence-electron chi connectivity index (χ4n) is 2.13. The quantitative estimate of drug-likeness (QED) is 0.627. The van der Waals surface area contributed by atoms with Crippen LogP contribution in [-0.2, 0) is 0 Å². The molecule has 1 N–H and O–H groups in total. The first-order chi connectivity index (χ1) is 8.61. The summed E-state index contributed by atoms with van der Waals surface area (Å²) in [5.74, 6) is 0. The lowest BCUT2D eigenvalue weighted by Crippen LogP contribution is -2.49. The molecule has 1 atom stereocenters. The van der Waals surface area contributed by atoms with Crippen LogP contribution in [0.3, 0.4) is 0 Å². The van der Waals surface area contributed by atoms with Crippen LogP contribution in [0.4, 0.5) is 11.4 Å². The average Bonchev–Trinajstić information content (AvgIpc) is 2.38. The molecular weight excluding hydrogens is 232 g/mol. The summed E-state index contributed by atoms with van der Waals surface area (Å²) >= 11 is 0. The van der Waals surface area contributed by atoms with Gasteiger partial charge in [0.15, 0.2) is 0 Å². The summed E-state index contributed by atoms with van der Waals surface area (Å²) in [6, 6.07) is 6.96. The number of nitro groups is 1. The van der Waals surface area contributed by atoms with Crippen LogP contribution in [0.25, 0.3) is 0 Å². The molecule has 0 aromatic heterocycles. The summed E-state index contributed by atoms with van der Waals surface area (Å²) < 4.78 is 0. The largest absolute Gasteiger partial charge is 0.369 e. The number of benzene rings is 1. The van der Waals surface area contributed by atoms with Crippen molar-refractivity contribution >= 4 is 11.4 Å². The van der Waals surface area contributed by atoms with Crippen LogP contribution in [0.15, 0.2) is 18.2 Å². The van der Waals surface area contributed by atoms with E-state index in [4.69, 9.17) is 5.26 Å². The maximum Gasteiger partial charge on any atom is 0.289 e. The van der Waals surface area contributed by atoms with Gasteiger partial charge in [0.05, 0.1) is 4.92 Å². The maximum atomic E-state index is 10.9. The molecule has 0 aliphatic carbocycles. The molecule has 18 heavy (non-hydrogen) atoms.